The van der Waals surface area contributed by atoms with Gasteiger partial charge >= 0.3 is 0 Å². The molecule has 0 bridgehead atoms. The van der Waals surface area contributed by atoms with Crippen LogP contribution in [0.2, 0.25) is 5.02 Å². The fraction of sp³-hybridized carbons (Fsp3) is 0.118. The van der Waals surface area contributed by atoms with E-state index in [4.69, 9.17) is 16.0 Å². The summed E-state index contributed by atoms with van der Waals surface area (Å²) in [5.41, 5.74) is 3.42. The summed E-state index contributed by atoms with van der Waals surface area (Å²) in [6.45, 7) is 3.94. The highest BCUT2D eigenvalue weighted by atomic mass is 35.5. The highest BCUT2D eigenvalue weighted by Crippen LogP contribution is 2.25. The van der Waals surface area contributed by atoms with Crippen molar-refractivity contribution in [2.75, 3.05) is 0 Å². The van der Waals surface area contributed by atoms with Crippen molar-refractivity contribution in [3.05, 3.63) is 69.9 Å². The standard InChI is InChI=1S/C17H13ClO2/c1-10-4-3-5-14(11(10)2)17(19)16-9-12-8-13(18)6-7-15(12)20-16/h3-9H,1-2H3. The van der Waals surface area contributed by atoms with Gasteiger partial charge in [-0.25, -0.2) is 0 Å². The molecule has 3 rings (SSSR count). The fourth-order valence-electron chi connectivity index (χ4n) is 2.26. The maximum atomic E-state index is 12.5. The maximum absolute atomic E-state index is 12.5. The SMILES string of the molecule is Cc1cccc(C(=O)c2cc3cc(Cl)ccc3o2)c1C. The Kier molecular flexibility index (Phi) is 3.11. The number of halogens is 1. The quantitative estimate of drug-likeness (QED) is 0.624. The van der Waals surface area contributed by atoms with E-state index in [1.54, 1.807) is 24.3 Å². The molecule has 0 unspecified atom stereocenters. The van der Waals surface area contributed by atoms with E-state index in [1.807, 2.05) is 32.0 Å². The van der Waals surface area contributed by atoms with Gasteiger partial charge in [0, 0.05) is 16.0 Å². The van der Waals surface area contributed by atoms with Crippen molar-refractivity contribution < 1.29 is 9.21 Å². The monoisotopic (exact) mass is 284 g/mol. The largest absolute Gasteiger partial charge is 0.453 e. The predicted octanol–water partition coefficient (Wildman–Crippen LogP) is 4.93. The summed E-state index contributed by atoms with van der Waals surface area (Å²) >= 11 is 5.94. The molecule has 100 valence electrons. The lowest BCUT2D eigenvalue weighted by atomic mass is 9.99. The van der Waals surface area contributed by atoms with Crippen molar-refractivity contribution in [2.24, 2.45) is 0 Å². The minimum atomic E-state index is -0.0986. The summed E-state index contributed by atoms with van der Waals surface area (Å²) < 4.78 is 5.63. The Bertz CT molecular complexity index is 815. The lowest BCUT2D eigenvalue weighted by Gasteiger charge is -2.05. The average Bonchev–Trinajstić information content (AvgIpc) is 2.84. The van der Waals surface area contributed by atoms with E-state index >= 15 is 0 Å². The molecule has 0 aliphatic carbocycles. The van der Waals surface area contributed by atoms with Crippen LogP contribution in [0.25, 0.3) is 11.0 Å². The molecular weight excluding hydrogens is 272 g/mol. The molecule has 0 amide bonds. The zero-order chi connectivity index (χ0) is 14.3. The Morgan fingerprint density at radius 2 is 1.90 bits per heavy atom. The molecule has 2 aromatic carbocycles. The van der Waals surface area contributed by atoms with Crippen molar-refractivity contribution in [3.8, 4) is 0 Å². The van der Waals surface area contributed by atoms with Crippen LogP contribution in [-0.2, 0) is 0 Å². The van der Waals surface area contributed by atoms with Crippen LogP contribution >= 0.6 is 11.6 Å². The molecule has 3 aromatic rings. The summed E-state index contributed by atoms with van der Waals surface area (Å²) in [4.78, 5) is 12.5. The van der Waals surface area contributed by atoms with Crippen LogP contribution in [0.1, 0.15) is 27.2 Å². The van der Waals surface area contributed by atoms with Gasteiger partial charge in [-0.3, -0.25) is 4.79 Å². The Hall–Kier alpha value is -2.06. The minimum Gasteiger partial charge on any atom is -0.453 e. The predicted molar refractivity (Wildman–Crippen MR) is 80.6 cm³/mol. The van der Waals surface area contributed by atoms with Crippen molar-refractivity contribution in [1.29, 1.82) is 0 Å². The molecule has 1 aromatic heterocycles. The third-order valence-corrected chi connectivity index (χ3v) is 3.79. The first-order chi connectivity index (χ1) is 9.56. The first-order valence-corrected chi connectivity index (χ1v) is 6.74. The zero-order valence-electron chi connectivity index (χ0n) is 11.2. The lowest BCUT2D eigenvalue weighted by Crippen LogP contribution is -2.03. The molecule has 0 spiro atoms. The first kappa shape index (κ1) is 12.9. The molecule has 0 N–H and O–H groups in total. The molecule has 20 heavy (non-hydrogen) atoms. The van der Waals surface area contributed by atoms with Gasteiger partial charge in [0.2, 0.25) is 5.78 Å². The van der Waals surface area contributed by atoms with Gasteiger partial charge < -0.3 is 4.42 Å². The second kappa shape index (κ2) is 4.80. The number of hydrogen-bond acceptors (Lipinski definition) is 2. The van der Waals surface area contributed by atoms with Gasteiger partial charge in [-0.1, -0.05) is 29.8 Å². The normalized spacial score (nSPS) is 10.9. The van der Waals surface area contributed by atoms with Crippen LogP contribution in [-0.4, -0.2) is 5.78 Å². The minimum absolute atomic E-state index is 0.0986. The Morgan fingerprint density at radius 1 is 1.10 bits per heavy atom. The number of ketones is 1. The van der Waals surface area contributed by atoms with Crippen LogP contribution in [0, 0.1) is 13.8 Å². The number of aryl methyl sites for hydroxylation is 1. The Labute approximate surface area is 122 Å². The number of carbonyl (C=O) groups excluding carboxylic acids is 1. The van der Waals surface area contributed by atoms with E-state index in [9.17, 15) is 4.79 Å². The third-order valence-electron chi connectivity index (χ3n) is 3.55. The Balaban J connectivity index is 2.10. The molecule has 0 atom stereocenters. The van der Waals surface area contributed by atoms with Gasteiger partial charge in [-0.05, 0) is 49.2 Å². The van der Waals surface area contributed by atoms with Crippen molar-refractivity contribution in [1.82, 2.24) is 0 Å². The molecule has 0 saturated carbocycles. The summed E-state index contributed by atoms with van der Waals surface area (Å²) in [6.07, 6.45) is 0. The van der Waals surface area contributed by atoms with Crippen LogP contribution in [0.5, 0.6) is 0 Å². The second-order valence-electron chi connectivity index (χ2n) is 4.87. The molecule has 0 aliphatic heterocycles. The molecule has 1 heterocycles. The summed E-state index contributed by atoms with van der Waals surface area (Å²) in [5, 5.41) is 1.47. The molecule has 0 radical (unpaired) electrons. The number of rotatable bonds is 2. The van der Waals surface area contributed by atoms with Gasteiger partial charge in [-0.2, -0.15) is 0 Å². The van der Waals surface area contributed by atoms with Gasteiger partial charge in [0.25, 0.3) is 0 Å². The summed E-state index contributed by atoms with van der Waals surface area (Å²) in [7, 11) is 0. The van der Waals surface area contributed by atoms with Crippen LogP contribution in [0.3, 0.4) is 0 Å². The van der Waals surface area contributed by atoms with Crippen molar-refractivity contribution >= 4 is 28.4 Å². The van der Waals surface area contributed by atoms with Gasteiger partial charge in [0.05, 0.1) is 0 Å². The number of furan rings is 1. The van der Waals surface area contributed by atoms with Crippen molar-refractivity contribution in [3.63, 3.8) is 0 Å². The molecule has 2 nitrogen and oxygen atoms in total. The second-order valence-corrected chi connectivity index (χ2v) is 5.31. The smallest absolute Gasteiger partial charge is 0.228 e. The van der Waals surface area contributed by atoms with Crippen LogP contribution in [0.15, 0.2) is 46.9 Å². The zero-order valence-corrected chi connectivity index (χ0v) is 12.0. The molecule has 0 fully saturated rings. The van der Waals surface area contributed by atoms with Gasteiger partial charge in [0.1, 0.15) is 5.58 Å². The van der Waals surface area contributed by atoms with Crippen molar-refractivity contribution in [2.45, 2.75) is 13.8 Å². The number of carbonyl (C=O) groups is 1. The van der Waals surface area contributed by atoms with Gasteiger partial charge in [0.15, 0.2) is 5.76 Å². The molecule has 0 aliphatic rings. The number of benzene rings is 2. The molecule has 0 saturated heterocycles. The van der Waals surface area contributed by atoms with E-state index in [0.29, 0.717) is 21.9 Å². The van der Waals surface area contributed by atoms with E-state index in [2.05, 4.69) is 0 Å². The van der Waals surface area contributed by atoms with Crippen LogP contribution < -0.4 is 0 Å². The lowest BCUT2D eigenvalue weighted by molar-refractivity contribution is 0.101. The summed E-state index contributed by atoms with van der Waals surface area (Å²) in [5.74, 6) is 0.245. The first-order valence-electron chi connectivity index (χ1n) is 6.36. The van der Waals surface area contributed by atoms with E-state index in [0.717, 1.165) is 16.5 Å². The highest BCUT2D eigenvalue weighted by molar-refractivity contribution is 6.31. The number of hydrogen-bond donors (Lipinski definition) is 0. The average molecular weight is 285 g/mol. The molecular formula is C17H13ClO2. The maximum Gasteiger partial charge on any atom is 0.228 e. The van der Waals surface area contributed by atoms with E-state index < -0.39 is 0 Å². The third kappa shape index (κ3) is 2.12. The van der Waals surface area contributed by atoms with E-state index in [-0.39, 0.29) is 5.78 Å². The topological polar surface area (TPSA) is 30.2 Å². The summed E-state index contributed by atoms with van der Waals surface area (Å²) in [6, 6.07) is 12.8. The van der Waals surface area contributed by atoms with Gasteiger partial charge in [-0.15, -0.1) is 0 Å². The highest BCUT2D eigenvalue weighted by Gasteiger charge is 2.17. The Morgan fingerprint density at radius 3 is 2.70 bits per heavy atom. The van der Waals surface area contributed by atoms with E-state index in [1.165, 1.54) is 0 Å². The van der Waals surface area contributed by atoms with Crippen LogP contribution in [0.4, 0.5) is 0 Å². The fourth-order valence-corrected chi connectivity index (χ4v) is 2.44. The number of fused-ring (bicyclic) bond motifs is 1. The molecule has 3 heteroatoms.